The van der Waals surface area contributed by atoms with Crippen LogP contribution in [0.5, 0.6) is 5.75 Å². The van der Waals surface area contributed by atoms with Gasteiger partial charge in [0.05, 0.1) is 19.8 Å². The summed E-state index contributed by atoms with van der Waals surface area (Å²) in [5, 5.41) is 13.1. The van der Waals surface area contributed by atoms with Gasteiger partial charge in [0.25, 0.3) is 5.91 Å². The van der Waals surface area contributed by atoms with Crippen LogP contribution >= 0.6 is 0 Å². The predicted octanol–water partition coefficient (Wildman–Crippen LogP) is -0.231. The molecule has 0 bridgehead atoms. The molecule has 0 atom stereocenters. The Kier molecular flexibility index (Phi) is 3.59. The maximum absolute atomic E-state index is 12.3. The highest BCUT2D eigenvalue weighted by atomic mass is 16.5. The van der Waals surface area contributed by atoms with E-state index in [0.717, 1.165) is 0 Å². The number of fused-ring (bicyclic) bond motifs is 1. The van der Waals surface area contributed by atoms with Gasteiger partial charge in [-0.05, 0) is 6.92 Å². The SMILES string of the molecule is COCCN1C(=O)c2c(O)c(=O)c(C)cn2CN1C. The van der Waals surface area contributed by atoms with Crippen LogP contribution in [0.15, 0.2) is 11.0 Å². The van der Waals surface area contributed by atoms with Crippen LogP contribution in [0.3, 0.4) is 0 Å². The number of carbonyl (C=O) groups is 1. The van der Waals surface area contributed by atoms with E-state index in [1.165, 1.54) is 5.01 Å². The van der Waals surface area contributed by atoms with Crippen LogP contribution < -0.4 is 5.43 Å². The molecule has 0 saturated carbocycles. The second-order valence-electron chi connectivity index (χ2n) is 4.53. The van der Waals surface area contributed by atoms with Crippen molar-refractivity contribution in [1.29, 1.82) is 0 Å². The molecule has 1 aromatic heterocycles. The number of nitrogens with zero attached hydrogens (tertiary/aromatic N) is 3. The van der Waals surface area contributed by atoms with Gasteiger partial charge in [0.15, 0.2) is 11.4 Å². The molecule has 7 heteroatoms. The first-order valence-corrected chi connectivity index (χ1v) is 5.92. The number of aromatic nitrogens is 1. The second-order valence-corrected chi connectivity index (χ2v) is 4.53. The lowest BCUT2D eigenvalue weighted by atomic mass is 10.2. The van der Waals surface area contributed by atoms with Gasteiger partial charge in [0.1, 0.15) is 0 Å². The highest BCUT2D eigenvalue weighted by Gasteiger charge is 2.31. The molecule has 1 aromatic rings. The molecule has 0 saturated heterocycles. The minimum atomic E-state index is -0.504. The van der Waals surface area contributed by atoms with Crippen molar-refractivity contribution < 1.29 is 14.6 Å². The van der Waals surface area contributed by atoms with Crippen molar-refractivity contribution >= 4 is 5.91 Å². The van der Waals surface area contributed by atoms with Crippen molar-refractivity contribution in [2.24, 2.45) is 0 Å². The van der Waals surface area contributed by atoms with Gasteiger partial charge in [0, 0.05) is 25.9 Å². The summed E-state index contributed by atoms with van der Waals surface area (Å²) in [4.78, 5) is 24.0. The van der Waals surface area contributed by atoms with Crippen molar-refractivity contribution in [3.63, 3.8) is 0 Å². The number of carbonyl (C=O) groups excluding carboxylic acids is 1. The molecule has 1 amide bonds. The number of amides is 1. The third-order valence-electron chi connectivity index (χ3n) is 3.15. The molecule has 1 aliphatic rings. The number of ether oxygens (including phenoxy) is 1. The lowest BCUT2D eigenvalue weighted by molar-refractivity contribution is -0.0360. The van der Waals surface area contributed by atoms with E-state index in [1.807, 2.05) is 0 Å². The molecule has 0 aliphatic carbocycles. The van der Waals surface area contributed by atoms with Crippen molar-refractivity contribution in [2.75, 3.05) is 27.3 Å². The molecule has 1 aliphatic heterocycles. The summed E-state index contributed by atoms with van der Waals surface area (Å²) in [7, 11) is 3.31. The number of aryl methyl sites for hydroxylation is 1. The van der Waals surface area contributed by atoms with Gasteiger partial charge in [-0.15, -0.1) is 0 Å². The van der Waals surface area contributed by atoms with Gasteiger partial charge in [-0.3, -0.25) is 14.6 Å². The lowest BCUT2D eigenvalue weighted by Gasteiger charge is -2.37. The van der Waals surface area contributed by atoms with Crippen molar-refractivity contribution in [3.8, 4) is 5.75 Å². The number of aromatic hydroxyl groups is 1. The van der Waals surface area contributed by atoms with E-state index in [9.17, 15) is 14.7 Å². The summed E-state index contributed by atoms with van der Waals surface area (Å²) >= 11 is 0. The smallest absolute Gasteiger partial charge is 0.288 e. The number of pyridine rings is 1. The van der Waals surface area contributed by atoms with E-state index in [0.29, 0.717) is 25.4 Å². The Morgan fingerprint density at radius 2 is 2.11 bits per heavy atom. The van der Waals surface area contributed by atoms with E-state index in [4.69, 9.17) is 4.74 Å². The topological polar surface area (TPSA) is 75.0 Å². The molecule has 7 nitrogen and oxygen atoms in total. The summed E-state index contributed by atoms with van der Waals surface area (Å²) in [5.41, 5.74) is -0.0616. The molecule has 19 heavy (non-hydrogen) atoms. The zero-order valence-corrected chi connectivity index (χ0v) is 11.2. The van der Waals surface area contributed by atoms with Crippen LogP contribution in [0, 0.1) is 6.92 Å². The maximum atomic E-state index is 12.3. The summed E-state index contributed by atoms with van der Waals surface area (Å²) in [6.45, 7) is 2.75. The minimum Gasteiger partial charge on any atom is -0.503 e. The number of methoxy groups -OCH3 is 1. The van der Waals surface area contributed by atoms with Crippen LogP contribution in [-0.2, 0) is 11.4 Å². The molecule has 0 fully saturated rings. The van der Waals surface area contributed by atoms with Gasteiger partial charge in [-0.2, -0.15) is 0 Å². The Morgan fingerprint density at radius 1 is 1.42 bits per heavy atom. The highest BCUT2D eigenvalue weighted by molar-refractivity contribution is 5.95. The molecule has 0 spiro atoms. The predicted molar refractivity (Wildman–Crippen MR) is 67.8 cm³/mol. The van der Waals surface area contributed by atoms with E-state index < -0.39 is 17.1 Å². The van der Waals surface area contributed by atoms with Crippen LogP contribution in [0.4, 0.5) is 0 Å². The molecule has 104 valence electrons. The molecular weight excluding hydrogens is 250 g/mol. The molecular formula is C12H17N3O4. The number of rotatable bonds is 3. The average Bonchev–Trinajstić information content (AvgIpc) is 2.35. The summed E-state index contributed by atoms with van der Waals surface area (Å²) < 4.78 is 6.53. The third kappa shape index (κ3) is 2.22. The molecule has 2 rings (SSSR count). The van der Waals surface area contributed by atoms with Crippen LogP contribution in [0.2, 0.25) is 0 Å². The Labute approximate surface area is 110 Å². The van der Waals surface area contributed by atoms with E-state index in [2.05, 4.69) is 0 Å². The monoisotopic (exact) mass is 267 g/mol. The van der Waals surface area contributed by atoms with Gasteiger partial charge in [0.2, 0.25) is 5.43 Å². The summed E-state index contributed by atoms with van der Waals surface area (Å²) in [6, 6.07) is 0. The number of hydrogen-bond donors (Lipinski definition) is 1. The first-order chi connectivity index (χ1) is 8.97. The number of hydrazine groups is 1. The normalized spacial score (nSPS) is 15.7. The van der Waals surface area contributed by atoms with Crippen LogP contribution in [-0.4, -0.2) is 52.9 Å². The molecule has 0 aromatic carbocycles. The van der Waals surface area contributed by atoms with Gasteiger partial charge in [-0.25, -0.2) is 5.01 Å². The van der Waals surface area contributed by atoms with Gasteiger partial charge >= 0.3 is 0 Å². The Hall–Kier alpha value is -1.86. The Balaban J connectivity index is 2.47. The summed E-state index contributed by atoms with van der Waals surface area (Å²) in [6.07, 6.45) is 1.58. The number of hydrogen-bond acceptors (Lipinski definition) is 5. The van der Waals surface area contributed by atoms with E-state index in [1.54, 1.807) is 36.9 Å². The Bertz CT molecular complexity index is 567. The average molecular weight is 267 g/mol. The fourth-order valence-electron chi connectivity index (χ4n) is 2.15. The zero-order chi connectivity index (χ0) is 14.2. The van der Waals surface area contributed by atoms with Crippen LogP contribution in [0.25, 0.3) is 0 Å². The first-order valence-electron chi connectivity index (χ1n) is 5.92. The van der Waals surface area contributed by atoms with Crippen molar-refractivity contribution in [1.82, 2.24) is 14.6 Å². The quantitative estimate of drug-likeness (QED) is 0.818. The first kappa shape index (κ1) is 13.6. The standard InChI is InChI=1S/C12H17N3O4/c1-8-6-14-7-13(2)15(4-5-19-3)12(18)9(14)11(17)10(8)16/h6,17H,4-5,7H2,1-3H3. The second kappa shape index (κ2) is 5.02. The van der Waals surface area contributed by atoms with Crippen LogP contribution in [0.1, 0.15) is 16.1 Å². The largest absolute Gasteiger partial charge is 0.503 e. The van der Waals surface area contributed by atoms with E-state index in [-0.39, 0.29) is 5.69 Å². The van der Waals surface area contributed by atoms with Crippen molar-refractivity contribution in [2.45, 2.75) is 13.6 Å². The molecule has 2 heterocycles. The molecule has 1 N–H and O–H groups in total. The Morgan fingerprint density at radius 3 is 2.74 bits per heavy atom. The van der Waals surface area contributed by atoms with E-state index >= 15 is 0 Å². The van der Waals surface area contributed by atoms with Crippen molar-refractivity contribution in [3.05, 3.63) is 27.7 Å². The minimum absolute atomic E-state index is 0.0322. The summed E-state index contributed by atoms with van der Waals surface area (Å²) in [5.74, 6) is -0.888. The fourth-order valence-corrected chi connectivity index (χ4v) is 2.15. The highest BCUT2D eigenvalue weighted by Crippen LogP contribution is 2.21. The third-order valence-corrected chi connectivity index (χ3v) is 3.15. The fraction of sp³-hybridized carbons (Fsp3) is 0.500. The van der Waals surface area contributed by atoms with Gasteiger partial charge < -0.3 is 14.4 Å². The maximum Gasteiger partial charge on any atom is 0.288 e. The molecule has 0 unspecified atom stereocenters. The van der Waals surface area contributed by atoms with Gasteiger partial charge in [-0.1, -0.05) is 0 Å². The zero-order valence-electron chi connectivity index (χ0n) is 11.2. The lowest BCUT2D eigenvalue weighted by Crippen LogP contribution is -2.51. The molecule has 0 radical (unpaired) electrons.